The van der Waals surface area contributed by atoms with Crippen molar-refractivity contribution in [2.75, 3.05) is 0 Å². The molecular formula is C12H18NaO15. The monoisotopic (exact) mass is 425 g/mol. The second kappa shape index (κ2) is 13.8. The fraction of sp³-hybridized carbons (Fsp3) is 0.500. The van der Waals surface area contributed by atoms with Crippen molar-refractivity contribution in [2.45, 2.75) is 36.9 Å². The Morgan fingerprint density at radius 1 is 0.500 bits per heavy atom. The van der Waals surface area contributed by atoms with Gasteiger partial charge in [-0.2, -0.15) is 0 Å². The first-order chi connectivity index (χ1) is 11.6. The molecule has 1 radical (unpaired) electrons. The first-order valence-corrected chi connectivity index (χ1v) is 6.34. The van der Waals surface area contributed by atoms with Crippen molar-refractivity contribution < 1.29 is 75.1 Å². The molecule has 28 heavy (non-hydrogen) atoms. The predicted octanol–water partition coefficient (Wildman–Crippen LogP) is -3.70. The van der Waals surface area contributed by atoms with E-state index in [9.17, 15) is 28.8 Å². The first kappa shape index (κ1) is 33.3. The van der Waals surface area contributed by atoms with E-state index in [0.717, 1.165) is 0 Å². The van der Waals surface area contributed by atoms with Crippen molar-refractivity contribution in [3.05, 3.63) is 0 Å². The first-order valence-electron chi connectivity index (χ1n) is 6.34. The van der Waals surface area contributed by atoms with Crippen molar-refractivity contribution in [1.82, 2.24) is 0 Å². The Morgan fingerprint density at radius 2 is 0.643 bits per heavy atom. The maximum Gasteiger partial charge on any atom is 0.336 e. The number of carbonyl (C=O) groups is 6. The summed E-state index contributed by atoms with van der Waals surface area (Å²) in [6.45, 7) is 0. The third kappa shape index (κ3) is 13.8. The number of aliphatic hydroxyl groups is 2. The normalized spacial score (nSPS) is 10.1. The maximum absolute atomic E-state index is 10.3. The Morgan fingerprint density at radius 3 is 0.714 bits per heavy atom. The van der Waals surface area contributed by atoms with Crippen LogP contribution in [0.1, 0.15) is 25.7 Å². The van der Waals surface area contributed by atoms with Gasteiger partial charge >= 0.3 is 35.8 Å². The van der Waals surface area contributed by atoms with Crippen LogP contribution in [0, 0.1) is 0 Å². The number of hydrogen-bond donors (Lipinski definition) is 8. The smallest absolute Gasteiger partial charge is 0.336 e. The third-order valence-electron chi connectivity index (χ3n) is 2.57. The van der Waals surface area contributed by atoms with Gasteiger partial charge in [0.15, 0.2) is 11.2 Å². The number of aliphatic carboxylic acids is 6. The average molecular weight is 425 g/mol. The van der Waals surface area contributed by atoms with Crippen LogP contribution in [-0.2, 0) is 28.8 Å². The second-order valence-electron chi connectivity index (χ2n) is 4.96. The van der Waals surface area contributed by atoms with Crippen molar-refractivity contribution in [3.8, 4) is 0 Å². The zero-order valence-electron chi connectivity index (χ0n) is 14.4. The molecule has 0 spiro atoms. The number of rotatable bonds is 10. The summed E-state index contributed by atoms with van der Waals surface area (Å²) in [5.74, 6) is -10.0. The molecule has 0 aromatic rings. The topological polar surface area (TPSA) is 296 Å². The van der Waals surface area contributed by atoms with E-state index in [4.69, 9.17) is 40.9 Å². The van der Waals surface area contributed by atoms with Gasteiger partial charge in [-0.25, -0.2) is 9.59 Å². The molecule has 16 heteroatoms. The fourth-order valence-electron chi connectivity index (χ4n) is 1.43. The van der Waals surface area contributed by atoms with E-state index in [1.54, 1.807) is 0 Å². The Labute approximate surface area is 177 Å². The number of hydrogen-bond acceptors (Lipinski definition) is 8. The summed E-state index contributed by atoms with van der Waals surface area (Å²) in [7, 11) is 0. The summed E-state index contributed by atoms with van der Waals surface area (Å²) in [5, 5.41) is 67.6. The van der Waals surface area contributed by atoms with E-state index in [1.165, 1.54) is 0 Å². The molecular weight excluding hydrogens is 407 g/mol. The summed E-state index contributed by atoms with van der Waals surface area (Å²) in [6.07, 6.45) is -4.58. The molecule has 0 saturated carbocycles. The fourth-order valence-corrected chi connectivity index (χ4v) is 1.43. The standard InChI is InChI=1S/2C6H8O7.Na.H2O/c2*7-3(8)1-6(13,5(11)12)2-4(9)10;;/h2*13H,1-2H2,(H,7,8)(H,9,10)(H,11,12);;1H2. The molecule has 0 aliphatic rings. The van der Waals surface area contributed by atoms with E-state index >= 15 is 0 Å². The van der Waals surface area contributed by atoms with Gasteiger partial charge in [0.25, 0.3) is 0 Å². The van der Waals surface area contributed by atoms with E-state index < -0.39 is 72.7 Å². The summed E-state index contributed by atoms with van der Waals surface area (Å²) < 4.78 is 0. The average Bonchev–Trinajstić information content (AvgIpc) is 2.34. The number of carboxylic acids is 6. The SMILES string of the molecule is O.O=C(O)CC(O)(CC(=O)O)C(=O)O.O=C(O)CC(O)(CC(=O)O)C(=O)O.[Na]. The van der Waals surface area contributed by atoms with Crippen LogP contribution in [0.15, 0.2) is 0 Å². The Hall–Kier alpha value is -2.30. The van der Waals surface area contributed by atoms with E-state index in [2.05, 4.69) is 0 Å². The van der Waals surface area contributed by atoms with Gasteiger partial charge in [-0.05, 0) is 0 Å². The van der Waals surface area contributed by atoms with Gasteiger partial charge in [0.05, 0.1) is 25.7 Å². The van der Waals surface area contributed by atoms with Crippen LogP contribution < -0.4 is 0 Å². The van der Waals surface area contributed by atoms with Crippen LogP contribution in [-0.4, -0.2) is 123 Å². The molecule has 0 unspecified atom stereocenters. The molecule has 0 aromatic carbocycles. The summed E-state index contributed by atoms with van der Waals surface area (Å²) >= 11 is 0. The molecule has 0 heterocycles. The molecule has 0 fully saturated rings. The third-order valence-corrected chi connectivity index (χ3v) is 2.57. The van der Waals surface area contributed by atoms with Crippen LogP contribution in [0.25, 0.3) is 0 Å². The molecule has 0 aliphatic carbocycles. The molecule has 0 atom stereocenters. The Balaban J connectivity index is -0.000000192. The summed E-state index contributed by atoms with van der Waals surface area (Å²) in [4.78, 5) is 61.0. The van der Waals surface area contributed by atoms with E-state index in [1.807, 2.05) is 0 Å². The molecule has 0 saturated heterocycles. The predicted molar refractivity (Wildman–Crippen MR) is 83.6 cm³/mol. The molecule has 0 bridgehead atoms. The van der Waals surface area contributed by atoms with Gasteiger partial charge in [-0.3, -0.25) is 19.2 Å². The Kier molecular flexibility index (Phi) is 16.4. The van der Waals surface area contributed by atoms with Crippen molar-refractivity contribution >= 4 is 65.4 Å². The van der Waals surface area contributed by atoms with E-state index in [-0.39, 0.29) is 35.0 Å². The van der Waals surface area contributed by atoms with Gasteiger partial charge in [0.2, 0.25) is 0 Å². The molecule has 157 valence electrons. The van der Waals surface area contributed by atoms with Crippen molar-refractivity contribution in [3.63, 3.8) is 0 Å². The second-order valence-corrected chi connectivity index (χ2v) is 4.96. The maximum atomic E-state index is 10.3. The minimum atomic E-state index is -2.74. The van der Waals surface area contributed by atoms with Gasteiger partial charge < -0.3 is 46.3 Å². The minimum absolute atomic E-state index is 0. The molecule has 0 amide bonds. The molecule has 0 rings (SSSR count). The summed E-state index contributed by atoms with van der Waals surface area (Å²) in [5.41, 5.74) is -5.48. The van der Waals surface area contributed by atoms with Crippen LogP contribution in [0.2, 0.25) is 0 Å². The molecule has 15 nitrogen and oxygen atoms in total. The van der Waals surface area contributed by atoms with E-state index in [0.29, 0.717) is 0 Å². The molecule has 0 aliphatic heterocycles. The van der Waals surface area contributed by atoms with Gasteiger partial charge in [-0.1, -0.05) is 0 Å². The quantitative estimate of drug-likeness (QED) is 0.156. The van der Waals surface area contributed by atoms with Crippen molar-refractivity contribution in [2.24, 2.45) is 0 Å². The van der Waals surface area contributed by atoms with Crippen molar-refractivity contribution in [1.29, 1.82) is 0 Å². The van der Waals surface area contributed by atoms with Gasteiger partial charge in [0.1, 0.15) is 0 Å². The van der Waals surface area contributed by atoms with Gasteiger partial charge in [0, 0.05) is 29.6 Å². The van der Waals surface area contributed by atoms with Gasteiger partial charge in [-0.15, -0.1) is 0 Å². The summed E-state index contributed by atoms with van der Waals surface area (Å²) in [6, 6.07) is 0. The van der Waals surface area contributed by atoms with Crippen LogP contribution in [0.5, 0.6) is 0 Å². The van der Waals surface area contributed by atoms with Crippen LogP contribution in [0.4, 0.5) is 0 Å². The zero-order chi connectivity index (χ0) is 21.3. The largest absolute Gasteiger partial charge is 0.481 e. The number of carboxylic acid groups (broad SMARTS) is 6. The Bertz CT molecular complexity index is 514. The molecule has 10 N–H and O–H groups in total. The van der Waals surface area contributed by atoms with Crippen LogP contribution in [0.3, 0.4) is 0 Å². The minimum Gasteiger partial charge on any atom is -0.481 e. The zero-order valence-corrected chi connectivity index (χ0v) is 16.4. The molecule has 0 aromatic heterocycles. The van der Waals surface area contributed by atoms with Crippen LogP contribution >= 0.6 is 0 Å².